The lowest BCUT2D eigenvalue weighted by atomic mass is 9.91. The number of carboxylic acids is 1. The summed E-state index contributed by atoms with van der Waals surface area (Å²) in [5.74, 6) is -2.05. The standard InChI is InChI=1S/C34H34FN5O5S/c1-18-22-12-9-13-44-29(22)24(35)14-23(18)28-27(30(33(42)43)45-34(3,4)5)19(2)37-26-15-25(39-40(26)28)31(41)36-16-21-17-46-32(38-21)20-10-7-6-8-11-20/h6-8,10-11,14-15,17,30H,9,12-13,16H2,1-5H3,(H,36,41)(H,42,43)/t30-/m0/s1. The molecule has 6 rings (SSSR count). The van der Waals surface area contributed by atoms with Gasteiger partial charge in [-0.3, -0.25) is 4.79 Å². The summed E-state index contributed by atoms with van der Waals surface area (Å²) in [4.78, 5) is 35.4. The Hall–Kier alpha value is -4.68. The number of hydrogen-bond acceptors (Lipinski definition) is 8. The molecule has 1 amide bonds. The SMILES string of the molecule is Cc1nc2cc(C(=O)NCc3csc(-c4ccccc4)n3)nn2c(-c2cc(F)c3c(c2C)CCCO3)c1[C@H](OC(C)(C)C)C(=O)O. The molecule has 0 bridgehead atoms. The predicted octanol–water partition coefficient (Wildman–Crippen LogP) is 6.47. The zero-order chi connectivity index (χ0) is 32.7. The summed E-state index contributed by atoms with van der Waals surface area (Å²) in [5, 5.41) is 20.6. The lowest BCUT2D eigenvalue weighted by Crippen LogP contribution is -2.29. The summed E-state index contributed by atoms with van der Waals surface area (Å²) in [7, 11) is 0. The van der Waals surface area contributed by atoms with E-state index in [9.17, 15) is 14.7 Å². The van der Waals surface area contributed by atoms with Crippen molar-refractivity contribution < 1.29 is 28.6 Å². The number of carboxylic acid groups (broad SMARTS) is 1. The topological polar surface area (TPSA) is 128 Å². The van der Waals surface area contributed by atoms with Gasteiger partial charge in [-0.1, -0.05) is 30.3 Å². The molecule has 2 aromatic carbocycles. The third-order valence-electron chi connectivity index (χ3n) is 7.71. The molecular formula is C34H34FN5O5S. The van der Waals surface area contributed by atoms with Gasteiger partial charge in [-0.25, -0.2) is 23.7 Å². The minimum absolute atomic E-state index is 0.0619. The molecule has 1 atom stereocenters. The highest BCUT2D eigenvalue weighted by molar-refractivity contribution is 7.13. The number of ether oxygens (including phenoxy) is 2. The highest BCUT2D eigenvalue weighted by atomic mass is 32.1. The molecule has 10 nitrogen and oxygen atoms in total. The molecule has 0 unspecified atom stereocenters. The number of amides is 1. The van der Waals surface area contributed by atoms with Gasteiger partial charge in [0, 0.05) is 39.4 Å². The van der Waals surface area contributed by atoms with Crippen LogP contribution in [0.3, 0.4) is 0 Å². The molecular weight excluding hydrogens is 609 g/mol. The summed E-state index contributed by atoms with van der Waals surface area (Å²) in [6.07, 6.45) is -0.131. The highest BCUT2D eigenvalue weighted by Gasteiger charge is 2.35. The van der Waals surface area contributed by atoms with Gasteiger partial charge in [-0.05, 0) is 59.1 Å². The molecule has 1 aliphatic heterocycles. The van der Waals surface area contributed by atoms with Crippen LogP contribution in [0.2, 0.25) is 0 Å². The van der Waals surface area contributed by atoms with Crippen molar-refractivity contribution >= 4 is 28.9 Å². The van der Waals surface area contributed by atoms with Gasteiger partial charge in [-0.15, -0.1) is 11.3 Å². The van der Waals surface area contributed by atoms with Gasteiger partial charge < -0.3 is 19.9 Å². The first kappa shape index (κ1) is 31.3. The number of carbonyl (C=O) groups excluding carboxylic acids is 1. The van der Waals surface area contributed by atoms with Crippen LogP contribution in [-0.2, 0) is 22.5 Å². The summed E-state index contributed by atoms with van der Waals surface area (Å²) >= 11 is 1.49. The molecule has 0 saturated heterocycles. The van der Waals surface area contributed by atoms with Crippen molar-refractivity contribution in [1.29, 1.82) is 0 Å². The minimum Gasteiger partial charge on any atom is -0.490 e. The number of thiazole rings is 1. The fourth-order valence-electron chi connectivity index (χ4n) is 5.67. The normalized spacial score (nSPS) is 13.7. The van der Waals surface area contributed by atoms with Crippen LogP contribution in [-0.4, -0.2) is 48.8 Å². The Morgan fingerprint density at radius 1 is 1.17 bits per heavy atom. The Morgan fingerprint density at radius 2 is 1.93 bits per heavy atom. The first-order chi connectivity index (χ1) is 21.9. The van der Waals surface area contributed by atoms with E-state index in [-0.39, 0.29) is 29.2 Å². The number of benzene rings is 2. The lowest BCUT2D eigenvalue weighted by molar-refractivity contribution is -0.160. The smallest absolute Gasteiger partial charge is 0.337 e. The van der Waals surface area contributed by atoms with Crippen molar-refractivity contribution in [3.63, 3.8) is 0 Å². The van der Waals surface area contributed by atoms with Crippen molar-refractivity contribution in [1.82, 2.24) is 24.9 Å². The van der Waals surface area contributed by atoms with Gasteiger partial charge in [0.05, 0.1) is 30.1 Å². The summed E-state index contributed by atoms with van der Waals surface area (Å²) in [6.45, 7) is 9.39. The number of halogens is 1. The van der Waals surface area contributed by atoms with Gasteiger partial charge in [0.1, 0.15) is 5.01 Å². The number of nitrogens with one attached hydrogen (secondary N) is 1. The van der Waals surface area contributed by atoms with Crippen LogP contribution in [0, 0.1) is 19.7 Å². The van der Waals surface area contributed by atoms with Crippen LogP contribution in [0.5, 0.6) is 5.75 Å². The van der Waals surface area contributed by atoms with Crippen LogP contribution in [0.1, 0.15) is 71.9 Å². The molecule has 3 aromatic heterocycles. The molecule has 0 fully saturated rings. The fraction of sp³-hybridized carbons (Fsp3) is 0.324. The van der Waals surface area contributed by atoms with Crippen LogP contribution < -0.4 is 10.1 Å². The van der Waals surface area contributed by atoms with Crippen molar-refractivity contribution in [2.24, 2.45) is 0 Å². The number of aromatic nitrogens is 4. The average molecular weight is 644 g/mol. The lowest BCUT2D eigenvalue weighted by Gasteiger charge is -2.28. The highest BCUT2D eigenvalue weighted by Crippen LogP contribution is 2.41. The predicted molar refractivity (Wildman–Crippen MR) is 172 cm³/mol. The molecule has 0 aliphatic carbocycles. The second-order valence-electron chi connectivity index (χ2n) is 12.2. The van der Waals surface area contributed by atoms with E-state index < -0.39 is 29.4 Å². The molecule has 46 heavy (non-hydrogen) atoms. The van der Waals surface area contributed by atoms with Gasteiger partial charge in [0.2, 0.25) is 0 Å². The van der Waals surface area contributed by atoms with Crippen molar-refractivity contribution in [2.45, 2.75) is 65.7 Å². The number of hydrogen-bond donors (Lipinski definition) is 2. The van der Waals surface area contributed by atoms with E-state index in [2.05, 4.69) is 20.4 Å². The zero-order valence-corrected chi connectivity index (χ0v) is 27.0. The van der Waals surface area contributed by atoms with Crippen LogP contribution in [0.4, 0.5) is 4.39 Å². The Labute approximate surface area is 269 Å². The van der Waals surface area contributed by atoms with Crippen LogP contribution in [0.25, 0.3) is 27.5 Å². The maximum Gasteiger partial charge on any atom is 0.337 e. The van der Waals surface area contributed by atoms with E-state index in [0.717, 1.165) is 22.6 Å². The summed E-state index contributed by atoms with van der Waals surface area (Å²) in [6, 6.07) is 12.6. The number of nitrogens with zero attached hydrogens (tertiary/aromatic N) is 4. The van der Waals surface area contributed by atoms with E-state index >= 15 is 4.39 Å². The van der Waals surface area contributed by atoms with Gasteiger partial charge >= 0.3 is 5.97 Å². The van der Waals surface area contributed by atoms with Crippen molar-refractivity contribution in [2.75, 3.05) is 6.61 Å². The number of rotatable bonds is 8. The molecule has 0 radical (unpaired) electrons. The molecule has 238 valence electrons. The minimum atomic E-state index is -1.45. The van der Waals surface area contributed by atoms with Gasteiger partial charge in [0.15, 0.2) is 29.0 Å². The van der Waals surface area contributed by atoms with Crippen molar-refractivity contribution in [3.8, 4) is 27.6 Å². The monoisotopic (exact) mass is 643 g/mol. The van der Waals surface area contributed by atoms with E-state index in [1.165, 1.54) is 28.0 Å². The maximum atomic E-state index is 15.6. The number of fused-ring (bicyclic) bond motifs is 2. The van der Waals surface area contributed by atoms with Gasteiger partial charge in [-0.2, -0.15) is 5.10 Å². The first-order valence-electron chi connectivity index (χ1n) is 15.0. The molecule has 0 saturated carbocycles. The second-order valence-corrected chi connectivity index (χ2v) is 13.0. The Balaban J connectivity index is 1.44. The molecule has 4 heterocycles. The van der Waals surface area contributed by atoms with Gasteiger partial charge in [0.25, 0.3) is 5.91 Å². The zero-order valence-electron chi connectivity index (χ0n) is 26.2. The largest absolute Gasteiger partial charge is 0.490 e. The molecule has 12 heteroatoms. The molecule has 5 aromatic rings. The van der Waals surface area contributed by atoms with Crippen LogP contribution in [0.15, 0.2) is 47.8 Å². The Morgan fingerprint density at radius 3 is 2.65 bits per heavy atom. The molecule has 1 aliphatic rings. The third kappa shape index (κ3) is 6.10. The Kier molecular flexibility index (Phi) is 8.34. The number of aliphatic carboxylic acids is 1. The van der Waals surface area contributed by atoms with E-state index in [1.807, 2.05) is 42.6 Å². The number of aryl methyl sites for hydroxylation is 1. The van der Waals surface area contributed by atoms with E-state index in [1.54, 1.807) is 27.7 Å². The van der Waals surface area contributed by atoms with Crippen molar-refractivity contribution in [3.05, 3.63) is 87.4 Å². The van der Waals surface area contributed by atoms with E-state index in [4.69, 9.17) is 9.47 Å². The summed E-state index contributed by atoms with van der Waals surface area (Å²) in [5.41, 5.74) is 3.94. The molecule has 2 N–H and O–H groups in total. The van der Waals surface area contributed by atoms with E-state index in [0.29, 0.717) is 41.2 Å². The second kappa shape index (κ2) is 12.3. The number of carbonyl (C=O) groups is 2. The molecule has 0 spiro atoms. The Bertz CT molecular complexity index is 1960. The quantitative estimate of drug-likeness (QED) is 0.197. The first-order valence-corrected chi connectivity index (χ1v) is 15.8. The maximum absolute atomic E-state index is 15.6. The fourth-order valence-corrected chi connectivity index (χ4v) is 6.50. The van der Waals surface area contributed by atoms with Crippen LogP contribution >= 0.6 is 11.3 Å². The third-order valence-corrected chi connectivity index (χ3v) is 8.65. The average Bonchev–Trinajstić information content (AvgIpc) is 3.68. The summed E-state index contributed by atoms with van der Waals surface area (Å²) < 4.78 is 28.7.